The van der Waals surface area contributed by atoms with Crippen LogP contribution in [0.1, 0.15) is 56.2 Å². The Morgan fingerprint density at radius 3 is 2.38 bits per heavy atom. The molecule has 1 aromatic carbocycles. The van der Waals surface area contributed by atoms with Gasteiger partial charge in [0.25, 0.3) is 0 Å². The molecule has 0 aliphatic rings. The van der Waals surface area contributed by atoms with E-state index in [0.29, 0.717) is 11.8 Å². The van der Waals surface area contributed by atoms with Gasteiger partial charge in [-0.3, -0.25) is 0 Å². The van der Waals surface area contributed by atoms with Crippen LogP contribution in [0.25, 0.3) is 16.7 Å². The first-order chi connectivity index (χ1) is 11.5. The first-order valence-corrected chi connectivity index (χ1v) is 9.19. The molecule has 1 aromatic heterocycles. The van der Waals surface area contributed by atoms with E-state index in [4.69, 9.17) is 0 Å². The third-order valence-corrected chi connectivity index (χ3v) is 4.64. The van der Waals surface area contributed by atoms with E-state index in [-0.39, 0.29) is 0 Å². The van der Waals surface area contributed by atoms with E-state index in [1.165, 1.54) is 22.3 Å². The molecule has 0 spiro atoms. The molecule has 0 aliphatic heterocycles. The summed E-state index contributed by atoms with van der Waals surface area (Å²) in [5.74, 6) is 1.03. The summed E-state index contributed by atoms with van der Waals surface area (Å²) in [5, 5.41) is 0. The van der Waals surface area contributed by atoms with Crippen LogP contribution < -0.4 is 0 Å². The van der Waals surface area contributed by atoms with Crippen molar-refractivity contribution in [3.05, 3.63) is 72.1 Å². The standard InChI is InChI=1S/C22H25N.V/c1-7-8-17(6)20-11-12-23-14-22(20)18-9-10-19(15(2)3)21(13-18)16(4)5;/h6-16H,1H2,2-5H3;. The Hall–Kier alpha value is -1.70. The van der Waals surface area contributed by atoms with Gasteiger partial charge in [-0.25, -0.2) is 0 Å². The van der Waals surface area contributed by atoms with Crippen molar-refractivity contribution in [2.75, 3.05) is 0 Å². The predicted molar refractivity (Wildman–Crippen MR) is 102 cm³/mol. The van der Waals surface area contributed by atoms with Crippen LogP contribution in [0.3, 0.4) is 0 Å². The minimum absolute atomic E-state index is 0.500. The topological polar surface area (TPSA) is 12.9 Å². The Balaban J connectivity index is 2.65. The molecule has 0 bridgehead atoms. The van der Waals surface area contributed by atoms with E-state index in [2.05, 4.69) is 85.2 Å². The number of benzene rings is 1. The Morgan fingerprint density at radius 1 is 1.08 bits per heavy atom. The van der Waals surface area contributed by atoms with Gasteiger partial charge in [0.1, 0.15) is 0 Å². The number of hydrogen-bond donors (Lipinski definition) is 0. The summed E-state index contributed by atoms with van der Waals surface area (Å²) in [6, 6.07) is 8.89. The summed E-state index contributed by atoms with van der Waals surface area (Å²) < 4.78 is 2.05. The first kappa shape index (κ1) is 18.6. The second-order valence-electron chi connectivity index (χ2n) is 6.56. The van der Waals surface area contributed by atoms with E-state index in [9.17, 15) is 0 Å². The summed E-state index contributed by atoms with van der Waals surface area (Å²) in [6.07, 6.45) is 7.66. The van der Waals surface area contributed by atoms with Gasteiger partial charge in [-0.15, -0.1) is 0 Å². The van der Waals surface area contributed by atoms with E-state index < -0.39 is 0 Å². The van der Waals surface area contributed by atoms with Crippen LogP contribution in [0.5, 0.6) is 0 Å². The molecule has 0 fully saturated rings. The molecule has 2 aromatic rings. The van der Waals surface area contributed by atoms with Gasteiger partial charge >= 0.3 is 155 Å². The maximum atomic E-state index is 4.36. The molecule has 0 saturated heterocycles. The Kier molecular flexibility index (Phi) is 6.54. The Labute approximate surface area is 155 Å². The molecule has 2 rings (SSSR count). The van der Waals surface area contributed by atoms with E-state index in [1.807, 2.05) is 24.5 Å². The zero-order chi connectivity index (χ0) is 17.7. The fourth-order valence-corrected chi connectivity index (χ4v) is 3.33. The Morgan fingerprint density at radius 2 is 1.79 bits per heavy atom. The summed E-state index contributed by atoms with van der Waals surface area (Å²) in [6.45, 7) is 12.9. The first-order valence-electron chi connectivity index (χ1n) is 8.38. The zero-order valence-corrected chi connectivity index (χ0v) is 16.3. The molecular formula is C22H25NV. The van der Waals surface area contributed by atoms with Crippen molar-refractivity contribution in [1.82, 2.24) is 4.98 Å². The van der Waals surface area contributed by atoms with Gasteiger partial charge in [-0.05, 0) is 0 Å². The fraction of sp³-hybridized carbons (Fsp3) is 0.273. The number of aromatic nitrogens is 1. The third-order valence-electron chi connectivity index (χ3n) is 4.21. The monoisotopic (exact) mass is 354 g/mol. The summed E-state index contributed by atoms with van der Waals surface area (Å²) in [7, 11) is 0. The van der Waals surface area contributed by atoms with Crippen LogP contribution in [-0.2, 0) is 17.0 Å². The number of allylic oxidation sites excluding steroid dienone is 3. The molecule has 0 unspecified atom stereocenters. The molecule has 0 amide bonds. The quantitative estimate of drug-likeness (QED) is 0.587. The third kappa shape index (κ3) is 4.03. The molecular weight excluding hydrogens is 329 g/mol. The van der Waals surface area contributed by atoms with Crippen molar-refractivity contribution in [3.8, 4) is 11.1 Å². The summed E-state index contributed by atoms with van der Waals surface area (Å²) in [5.41, 5.74) is 7.54. The molecule has 2 heteroatoms. The van der Waals surface area contributed by atoms with Crippen LogP contribution in [0, 0.1) is 0 Å². The molecule has 0 radical (unpaired) electrons. The van der Waals surface area contributed by atoms with Crippen molar-refractivity contribution >= 4 is 10.3 Å². The second-order valence-corrected chi connectivity index (χ2v) is 6.96. The van der Waals surface area contributed by atoms with Crippen LogP contribution in [0.15, 0.2) is 55.4 Å². The average Bonchev–Trinajstić information content (AvgIpc) is 2.59. The van der Waals surface area contributed by atoms with Crippen LogP contribution in [0.2, 0.25) is 0 Å². The molecule has 0 saturated carbocycles. The molecule has 123 valence electrons. The number of nitrogens with zero attached hydrogens (tertiary/aromatic N) is 1. The SMILES string of the molecule is C=CC=C([CH]=[V])c1ccncc1-c1ccc(C(C)C)c(C(C)C)c1. The minimum atomic E-state index is 0.500. The van der Waals surface area contributed by atoms with Gasteiger partial charge in [-0.1, -0.05) is 0 Å². The van der Waals surface area contributed by atoms with Gasteiger partial charge in [-0.2, -0.15) is 0 Å². The number of pyridine rings is 1. The molecule has 0 atom stereocenters. The van der Waals surface area contributed by atoms with Crippen molar-refractivity contribution in [1.29, 1.82) is 0 Å². The number of rotatable bonds is 6. The molecule has 24 heavy (non-hydrogen) atoms. The molecule has 0 N–H and O–H groups in total. The normalized spacial score (nSPS) is 11.8. The van der Waals surface area contributed by atoms with Crippen LogP contribution >= 0.6 is 0 Å². The fourth-order valence-electron chi connectivity index (χ4n) is 2.97. The molecule has 1 heterocycles. The van der Waals surface area contributed by atoms with Crippen molar-refractivity contribution in [2.24, 2.45) is 0 Å². The van der Waals surface area contributed by atoms with Gasteiger partial charge in [0, 0.05) is 0 Å². The summed E-state index contributed by atoms with van der Waals surface area (Å²) >= 11 is 2.53. The van der Waals surface area contributed by atoms with Gasteiger partial charge in [0.05, 0.1) is 0 Å². The number of hydrogen-bond acceptors (Lipinski definition) is 1. The van der Waals surface area contributed by atoms with Crippen molar-refractivity contribution < 1.29 is 17.0 Å². The zero-order valence-electron chi connectivity index (χ0n) is 15.0. The molecule has 0 aliphatic carbocycles. The second kappa shape index (κ2) is 8.42. The van der Waals surface area contributed by atoms with Crippen LogP contribution in [0.4, 0.5) is 0 Å². The van der Waals surface area contributed by atoms with E-state index >= 15 is 0 Å². The van der Waals surface area contributed by atoms with Gasteiger partial charge in [0.2, 0.25) is 0 Å². The Bertz CT molecular complexity index is 769. The predicted octanol–water partition coefficient (Wildman–Crippen LogP) is 5.91. The summed E-state index contributed by atoms with van der Waals surface area (Å²) in [4.78, 5) is 4.36. The van der Waals surface area contributed by atoms with Gasteiger partial charge in [0.15, 0.2) is 0 Å². The van der Waals surface area contributed by atoms with Crippen molar-refractivity contribution in [2.45, 2.75) is 39.5 Å². The van der Waals surface area contributed by atoms with E-state index in [1.54, 1.807) is 0 Å². The van der Waals surface area contributed by atoms with E-state index in [0.717, 1.165) is 11.1 Å². The van der Waals surface area contributed by atoms with Crippen molar-refractivity contribution in [3.63, 3.8) is 0 Å². The molecule has 1 nitrogen and oxygen atoms in total. The maximum absolute atomic E-state index is 4.36. The average molecular weight is 354 g/mol. The van der Waals surface area contributed by atoms with Gasteiger partial charge < -0.3 is 0 Å². The van der Waals surface area contributed by atoms with Crippen LogP contribution in [-0.4, -0.2) is 9.71 Å².